The maximum Gasteiger partial charge on any atom is 0.260 e. The van der Waals surface area contributed by atoms with Crippen molar-refractivity contribution in [3.8, 4) is 17.0 Å². The van der Waals surface area contributed by atoms with E-state index in [0.29, 0.717) is 34.4 Å². The number of piperazine rings is 1. The summed E-state index contributed by atoms with van der Waals surface area (Å²) in [5.41, 5.74) is 2.89. The zero-order valence-corrected chi connectivity index (χ0v) is 18.9. The molecule has 2 aliphatic heterocycles. The smallest absolute Gasteiger partial charge is 0.260 e. The number of methoxy groups -OCH3 is 1. The van der Waals surface area contributed by atoms with Gasteiger partial charge in [-0.05, 0) is 49.7 Å². The SMILES string of the molecule is COc1cccc(F)c1-c1nccc2c1CN(c1cc(C)cc(N3CCNC[C@@H]3C)n1)C2=O. The van der Waals surface area contributed by atoms with Gasteiger partial charge in [0, 0.05) is 43.0 Å². The summed E-state index contributed by atoms with van der Waals surface area (Å²) in [6.45, 7) is 7.06. The second kappa shape index (κ2) is 8.44. The summed E-state index contributed by atoms with van der Waals surface area (Å²) in [5.74, 6) is 1.22. The Morgan fingerprint density at radius 3 is 2.82 bits per heavy atom. The summed E-state index contributed by atoms with van der Waals surface area (Å²) in [7, 11) is 1.49. The van der Waals surface area contributed by atoms with Crippen LogP contribution in [0.5, 0.6) is 5.75 Å². The van der Waals surface area contributed by atoms with Gasteiger partial charge in [-0.3, -0.25) is 14.7 Å². The Labute approximate surface area is 192 Å². The number of pyridine rings is 2. The Morgan fingerprint density at radius 2 is 2.03 bits per heavy atom. The summed E-state index contributed by atoms with van der Waals surface area (Å²) < 4.78 is 20.2. The maximum absolute atomic E-state index is 14.8. The quantitative estimate of drug-likeness (QED) is 0.660. The van der Waals surface area contributed by atoms with Crippen LogP contribution in [-0.2, 0) is 6.54 Å². The second-order valence-electron chi connectivity index (χ2n) is 8.50. The number of hydrogen-bond donors (Lipinski definition) is 1. The Morgan fingerprint density at radius 1 is 1.21 bits per heavy atom. The Kier molecular flexibility index (Phi) is 5.46. The number of ether oxygens (including phenoxy) is 1. The van der Waals surface area contributed by atoms with Crippen molar-refractivity contribution in [1.82, 2.24) is 15.3 Å². The molecule has 2 aromatic heterocycles. The Balaban J connectivity index is 1.55. The third-order valence-electron chi connectivity index (χ3n) is 6.29. The number of rotatable bonds is 4. The van der Waals surface area contributed by atoms with E-state index in [-0.39, 0.29) is 18.0 Å². The molecule has 0 saturated carbocycles. The topological polar surface area (TPSA) is 70.6 Å². The molecule has 7 nitrogen and oxygen atoms in total. The van der Waals surface area contributed by atoms with Gasteiger partial charge in [-0.2, -0.15) is 0 Å². The summed E-state index contributed by atoms with van der Waals surface area (Å²) in [5, 5.41) is 3.39. The average Bonchev–Trinajstić information content (AvgIpc) is 3.15. The average molecular weight is 448 g/mol. The molecule has 1 saturated heterocycles. The number of nitrogens with zero attached hydrogens (tertiary/aromatic N) is 4. The van der Waals surface area contributed by atoms with Gasteiger partial charge in [0.05, 0.1) is 24.9 Å². The van der Waals surface area contributed by atoms with Crippen LogP contribution in [0.2, 0.25) is 0 Å². The molecule has 1 N–H and O–H groups in total. The molecule has 4 heterocycles. The Hall–Kier alpha value is -3.52. The van der Waals surface area contributed by atoms with E-state index in [0.717, 1.165) is 31.0 Å². The number of anilines is 2. The minimum atomic E-state index is -0.440. The van der Waals surface area contributed by atoms with Crippen molar-refractivity contribution >= 4 is 17.5 Å². The highest BCUT2D eigenvalue weighted by molar-refractivity contribution is 6.10. The molecule has 0 aliphatic carbocycles. The normalized spacial score (nSPS) is 17.9. The third kappa shape index (κ3) is 3.70. The second-order valence-corrected chi connectivity index (χ2v) is 8.50. The van der Waals surface area contributed by atoms with Gasteiger partial charge in [-0.25, -0.2) is 9.37 Å². The van der Waals surface area contributed by atoms with Gasteiger partial charge in [0.1, 0.15) is 23.2 Å². The number of carbonyl (C=O) groups excluding carboxylic acids is 1. The van der Waals surface area contributed by atoms with Crippen LogP contribution in [0.15, 0.2) is 42.6 Å². The van der Waals surface area contributed by atoms with Crippen LogP contribution in [0.1, 0.15) is 28.4 Å². The fourth-order valence-corrected chi connectivity index (χ4v) is 4.63. The molecule has 1 amide bonds. The van der Waals surface area contributed by atoms with Crippen molar-refractivity contribution in [2.45, 2.75) is 26.4 Å². The zero-order valence-electron chi connectivity index (χ0n) is 18.9. The number of fused-ring (bicyclic) bond motifs is 1. The molecule has 2 aliphatic rings. The van der Waals surface area contributed by atoms with Crippen molar-refractivity contribution < 1.29 is 13.9 Å². The van der Waals surface area contributed by atoms with Gasteiger partial charge in [-0.1, -0.05) is 6.07 Å². The first-order chi connectivity index (χ1) is 16.0. The fourth-order valence-electron chi connectivity index (χ4n) is 4.63. The van der Waals surface area contributed by atoms with Crippen LogP contribution < -0.4 is 19.9 Å². The summed E-state index contributed by atoms with van der Waals surface area (Å²) in [4.78, 5) is 26.6. The number of nitrogens with one attached hydrogen (secondary N) is 1. The standard InChI is InChI=1S/C25H26FN5O2/c1-15-11-21(30-10-9-27-13-16(30)2)29-22(12-15)31-14-18-17(25(31)32)7-8-28-24(18)23-19(26)5-4-6-20(23)33-3/h4-8,11-12,16,27H,9-10,13-14H2,1-3H3/t16-/m0/s1. The monoisotopic (exact) mass is 447 g/mol. The first-order valence-electron chi connectivity index (χ1n) is 11.1. The van der Waals surface area contributed by atoms with E-state index in [1.807, 2.05) is 13.0 Å². The number of aryl methyl sites for hydroxylation is 1. The van der Waals surface area contributed by atoms with Crippen LogP contribution in [0.4, 0.5) is 16.0 Å². The summed E-state index contributed by atoms with van der Waals surface area (Å²) >= 11 is 0. The lowest BCUT2D eigenvalue weighted by atomic mass is 10.0. The number of halogens is 1. The van der Waals surface area contributed by atoms with E-state index in [9.17, 15) is 9.18 Å². The lowest BCUT2D eigenvalue weighted by Crippen LogP contribution is -2.50. The van der Waals surface area contributed by atoms with Crippen LogP contribution >= 0.6 is 0 Å². The zero-order chi connectivity index (χ0) is 23.1. The molecule has 0 unspecified atom stereocenters. The molecule has 1 aromatic carbocycles. The fraction of sp³-hybridized carbons (Fsp3) is 0.320. The van der Waals surface area contributed by atoms with Crippen molar-refractivity contribution in [3.63, 3.8) is 0 Å². The lowest BCUT2D eigenvalue weighted by Gasteiger charge is -2.35. The van der Waals surface area contributed by atoms with E-state index in [4.69, 9.17) is 9.72 Å². The van der Waals surface area contributed by atoms with Crippen molar-refractivity contribution in [3.05, 3.63) is 65.1 Å². The predicted molar refractivity (Wildman–Crippen MR) is 125 cm³/mol. The van der Waals surface area contributed by atoms with E-state index in [2.05, 4.69) is 28.2 Å². The molecule has 33 heavy (non-hydrogen) atoms. The third-order valence-corrected chi connectivity index (χ3v) is 6.29. The van der Waals surface area contributed by atoms with Crippen LogP contribution in [0.3, 0.4) is 0 Å². The molecule has 5 rings (SSSR count). The largest absolute Gasteiger partial charge is 0.496 e. The highest BCUT2D eigenvalue weighted by Crippen LogP contribution is 2.38. The van der Waals surface area contributed by atoms with E-state index < -0.39 is 5.82 Å². The van der Waals surface area contributed by atoms with Gasteiger partial charge in [0.2, 0.25) is 0 Å². The number of aromatic nitrogens is 2. The van der Waals surface area contributed by atoms with Crippen LogP contribution in [0.25, 0.3) is 11.3 Å². The first-order valence-corrected chi connectivity index (χ1v) is 11.1. The number of benzene rings is 1. The number of hydrogen-bond acceptors (Lipinski definition) is 6. The van der Waals surface area contributed by atoms with Gasteiger partial charge in [-0.15, -0.1) is 0 Å². The Bertz CT molecular complexity index is 1230. The van der Waals surface area contributed by atoms with Crippen LogP contribution in [0, 0.1) is 12.7 Å². The molecule has 1 atom stereocenters. The molecule has 0 spiro atoms. The first kappa shape index (κ1) is 21.3. The van der Waals surface area contributed by atoms with E-state index >= 15 is 0 Å². The maximum atomic E-state index is 14.8. The van der Waals surface area contributed by atoms with E-state index in [1.165, 1.54) is 13.2 Å². The molecule has 0 radical (unpaired) electrons. The summed E-state index contributed by atoms with van der Waals surface area (Å²) in [6, 6.07) is 10.6. The predicted octanol–water partition coefficient (Wildman–Crippen LogP) is 3.56. The summed E-state index contributed by atoms with van der Waals surface area (Å²) in [6.07, 6.45) is 1.54. The molecule has 0 bridgehead atoms. The van der Waals surface area contributed by atoms with Crippen molar-refractivity contribution in [2.75, 3.05) is 36.5 Å². The molecule has 8 heteroatoms. The van der Waals surface area contributed by atoms with Gasteiger partial charge in [0.25, 0.3) is 5.91 Å². The molecule has 1 fully saturated rings. The molecule has 3 aromatic rings. The minimum Gasteiger partial charge on any atom is -0.496 e. The number of carbonyl (C=O) groups is 1. The van der Waals surface area contributed by atoms with Crippen molar-refractivity contribution in [2.24, 2.45) is 0 Å². The van der Waals surface area contributed by atoms with Crippen molar-refractivity contribution in [1.29, 1.82) is 0 Å². The van der Waals surface area contributed by atoms with E-state index in [1.54, 1.807) is 29.3 Å². The lowest BCUT2D eigenvalue weighted by molar-refractivity contribution is 0.0996. The van der Waals surface area contributed by atoms with Crippen LogP contribution in [-0.4, -0.2) is 48.7 Å². The molecule has 170 valence electrons. The minimum absolute atomic E-state index is 0.165. The highest BCUT2D eigenvalue weighted by atomic mass is 19.1. The van der Waals surface area contributed by atoms with Gasteiger partial charge in [0.15, 0.2) is 0 Å². The molecular weight excluding hydrogens is 421 g/mol. The molecular formula is C25H26FN5O2. The highest BCUT2D eigenvalue weighted by Gasteiger charge is 2.34. The van der Waals surface area contributed by atoms with Gasteiger partial charge >= 0.3 is 0 Å². The number of amides is 1. The van der Waals surface area contributed by atoms with Gasteiger partial charge < -0.3 is 15.0 Å².